The second kappa shape index (κ2) is 4.61. The summed E-state index contributed by atoms with van der Waals surface area (Å²) in [7, 11) is 0. The Morgan fingerprint density at radius 2 is 2.07 bits per heavy atom. The summed E-state index contributed by atoms with van der Waals surface area (Å²) in [5.74, 6) is 0.992. The van der Waals surface area contributed by atoms with Crippen molar-refractivity contribution >= 4 is 0 Å². The van der Waals surface area contributed by atoms with Gasteiger partial charge in [0, 0.05) is 0 Å². The van der Waals surface area contributed by atoms with Crippen molar-refractivity contribution in [3.63, 3.8) is 0 Å². The Morgan fingerprint density at radius 1 is 1.29 bits per heavy atom. The molecule has 0 atom stereocenters. The fourth-order valence-corrected chi connectivity index (χ4v) is 1.74. The second-order valence-electron chi connectivity index (χ2n) is 4.32. The number of rotatable bonds is 5. The van der Waals surface area contributed by atoms with Gasteiger partial charge in [-0.05, 0) is 56.3 Å². The molecule has 0 unspecified atom stereocenters. The Hall–Kier alpha value is -0.820. The lowest BCUT2D eigenvalue weighted by Crippen LogP contribution is -2.19. The first kappa shape index (κ1) is 9.72. The average molecular weight is 189 g/mol. The fourth-order valence-electron chi connectivity index (χ4n) is 1.74. The molecule has 1 fully saturated rings. The van der Waals surface area contributed by atoms with Gasteiger partial charge in [-0.15, -0.1) is 0 Å². The fraction of sp³-hybridized carbons (Fsp3) is 0.538. The van der Waals surface area contributed by atoms with Gasteiger partial charge in [-0.3, -0.25) is 0 Å². The van der Waals surface area contributed by atoms with Crippen molar-refractivity contribution < 1.29 is 0 Å². The molecular formula is C13H19N. The highest BCUT2D eigenvalue weighted by Crippen LogP contribution is 2.27. The summed E-state index contributed by atoms with van der Waals surface area (Å²) in [5.41, 5.74) is 2.90. The van der Waals surface area contributed by atoms with Gasteiger partial charge in [-0.25, -0.2) is 0 Å². The lowest BCUT2D eigenvalue weighted by Gasteiger charge is -2.06. The van der Waals surface area contributed by atoms with Crippen LogP contribution in [0.4, 0.5) is 0 Å². The summed E-state index contributed by atoms with van der Waals surface area (Å²) in [5, 5.41) is 3.52. The highest BCUT2D eigenvalue weighted by atomic mass is 14.9. The number of hydrogen-bond donors (Lipinski definition) is 1. The molecule has 1 saturated carbocycles. The van der Waals surface area contributed by atoms with E-state index in [9.17, 15) is 0 Å². The molecule has 1 aliphatic rings. The van der Waals surface area contributed by atoms with Crippen LogP contribution in [-0.4, -0.2) is 13.1 Å². The van der Waals surface area contributed by atoms with Crippen LogP contribution >= 0.6 is 0 Å². The third-order valence-corrected chi connectivity index (χ3v) is 2.96. The zero-order chi connectivity index (χ0) is 9.80. The molecule has 0 aliphatic heterocycles. The molecule has 1 aliphatic carbocycles. The third-order valence-electron chi connectivity index (χ3n) is 2.96. The molecule has 0 amide bonds. The van der Waals surface area contributed by atoms with Crippen LogP contribution in [0.2, 0.25) is 0 Å². The predicted molar refractivity (Wildman–Crippen MR) is 60.5 cm³/mol. The van der Waals surface area contributed by atoms with Crippen molar-refractivity contribution in [2.24, 2.45) is 5.92 Å². The van der Waals surface area contributed by atoms with Gasteiger partial charge in [0.2, 0.25) is 0 Å². The van der Waals surface area contributed by atoms with Crippen LogP contribution < -0.4 is 5.32 Å². The molecule has 0 saturated heterocycles. The largest absolute Gasteiger partial charge is 0.316 e. The van der Waals surface area contributed by atoms with Crippen LogP contribution in [0.15, 0.2) is 24.3 Å². The van der Waals surface area contributed by atoms with Crippen LogP contribution in [0.25, 0.3) is 0 Å². The number of hydrogen-bond acceptors (Lipinski definition) is 1. The second-order valence-corrected chi connectivity index (χ2v) is 4.32. The van der Waals surface area contributed by atoms with E-state index in [1.807, 2.05) is 0 Å². The van der Waals surface area contributed by atoms with Gasteiger partial charge < -0.3 is 5.32 Å². The lowest BCUT2D eigenvalue weighted by atomic mass is 10.1. The summed E-state index contributed by atoms with van der Waals surface area (Å²) in [6.45, 7) is 4.55. The molecule has 14 heavy (non-hydrogen) atoms. The Balaban J connectivity index is 1.71. The molecule has 1 aromatic rings. The van der Waals surface area contributed by atoms with E-state index in [0.29, 0.717) is 0 Å². The summed E-state index contributed by atoms with van der Waals surface area (Å²) in [6.07, 6.45) is 4.05. The molecule has 76 valence electrons. The summed E-state index contributed by atoms with van der Waals surface area (Å²) >= 11 is 0. The number of aryl methyl sites for hydroxylation is 1. The van der Waals surface area contributed by atoms with E-state index in [-0.39, 0.29) is 0 Å². The number of benzene rings is 1. The molecule has 0 bridgehead atoms. The first-order chi connectivity index (χ1) is 6.86. The highest BCUT2D eigenvalue weighted by molar-refractivity contribution is 5.25. The molecular weight excluding hydrogens is 170 g/mol. The van der Waals surface area contributed by atoms with E-state index in [1.54, 1.807) is 0 Å². The summed E-state index contributed by atoms with van der Waals surface area (Å²) in [4.78, 5) is 0. The maximum Gasteiger partial charge on any atom is -0.000814 e. The smallest absolute Gasteiger partial charge is 0.000814 e. The third kappa shape index (κ3) is 2.85. The van der Waals surface area contributed by atoms with Crippen LogP contribution in [0.5, 0.6) is 0 Å². The van der Waals surface area contributed by atoms with Gasteiger partial charge in [-0.2, -0.15) is 0 Å². The lowest BCUT2D eigenvalue weighted by molar-refractivity contribution is 0.636. The molecule has 1 heteroatoms. The van der Waals surface area contributed by atoms with Crippen molar-refractivity contribution in [2.45, 2.75) is 26.2 Å². The quantitative estimate of drug-likeness (QED) is 0.702. The predicted octanol–water partition coefficient (Wildman–Crippen LogP) is 2.54. The van der Waals surface area contributed by atoms with Gasteiger partial charge in [-0.1, -0.05) is 24.3 Å². The Morgan fingerprint density at radius 3 is 2.79 bits per heavy atom. The maximum absolute atomic E-state index is 3.52. The van der Waals surface area contributed by atoms with E-state index in [1.165, 1.54) is 36.9 Å². The van der Waals surface area contributed by atoms with Crippen molar-refractivity contribution in [1.29, 1.82) is 0 Å². The molecule has 1 nitrogen and oxygen atoms in total. The molecule has 0 radical (unpaired) electrons. The van der Waals surface area contributed by atoms with Gasteiger partial charge in [0.25, 0.3) is 0 Å². The zero-order valence-corrected chi connectivity index (χ0v) is 8.92. The van der Waals surface area contributed by atoms with Crippen molar-refractivity contribution in [1.82, 2.24) is 5.32 Å². The molecule has 2 rings (SSSR count). The minimum Gasteiger partial charge on any atom is -0.316 e. The molecule has 0 spiro atoms. The molecule has 1 aromatic carbocycles. The zero-order valence-electron chi connectivity index (χ0n) is 8.92. The van der Waals surface area contributed by atoms with Crippen molar-refractivity contribution in [3.05, 3.63) is 35.4 Å². The van der Waals surface area contributed by atoms with Crippen molar-refractivity contribution in [2.75, 3.05) is 13.1 Å². The van der Waals surface area contributed by atoms with E-state index in [2.05, 4.69) is 36.5 Å². The topological polar surface area (TPSA) is 12.0 Å². The first-order valence-electron chi connectivity index (χ1n) is 5.61. The van der Waals surface area contributed by atoms with Gasteiger partial charge in [0.15, 0.2) is 0 Å². The average Bonchev–Trinajstić information content (AvgIpc) is 2.99. The Bertz CT molecular complexity index is 289. The monoisotopic (exact) mass is 189 g/mol. The maximum atomic E-state index is 3.52. The summed E-state index contributed by atoms with van der Waals surface area (Å²) < 4.78 is 0. The first-order valence-corrected chi connectivity index (χ1v) is 5.61. The summed E-state index contributed by atoms with van der Waals surface area (Å²) in [6, 6.07) is 8.66. The van der Waals surface area contributed by atoms with Crippen molar-refractivity contribution in [3.8, 4) is 0 Å². The normalized spacial score (nSPS) is 15.8. The van der Waals surface area contributed by atoms with Crippen LogP contribution in [0, 0.1) is 12.8 Å². The molecule has 0 heterocycles. The Labute approximate surface area is 86.5 Å². The molecule has 0 aromatic heterocycles. The van der Waals surface area contributed by atoms with Crippen LogP contribution in [-0.2, 0) is 6.42 Å². The number of nitrogens with one attached hydrogen (secondary N) is 1. The van der Waals surface area contributed by atoms with E-state index in [0.717, 1.165) is 12.5 Å². The Kier molecular flexibility index (Phi) is 3.20. The highest BCUT2D eigenvalue weighted by Gasteiger charge is 2.19. The standard InChI is InChI=1S/C13H19N/c1-11-4-2-3-5-13(11)8-9-14-10-12-6-7-12/h2-5,12,14H,6-10H2,1H3. The molecule has 1 N–H and O–H groups in total. The van der Waals surface area contributed by atoms with E-state index >= 15 is 0 Å². The minimum atomic E-state index is 0.992. The van der Waals surface area contributed by atoms with E-state index < -0.39 is 0 Å². The van der Waals surface area contributed by atoms with Crippen LogP contribution in [0.3, 0.4) is 0 Å². The van der Waals surface area contributed by atoms with Gasteiger partial charge >= 0.3 is 0 Å². The SMILES string of the molecule is Cc1ccccc1CCNCC1CC1. The van der Waals surface area contributed by atoms with Crippen LogP contribution in [0.1, 0.15) is 24.0 Å². The van der Waals surface area contributed by atoms with E-state index in [4.69, 9.17) is 0 Å². The minimum absolute atomic E-state index is 0.992. The van der Waals surface area contributed by atoms with Gasteiger partial charge in [0.05, 0.1) is 0 Å². The van der Waals surface area contributed by atoms with Gasteiger partial charge in [0.1, 0.15) is 0 Å².